The van der Waals surface area contributed by atoms with Gasteiger partial charge in [0.25, 0.3) is 5.91 Å². The lowest BCUT2D eigenvalue weighted by Crippen LogP contribution is -2.49. The predicted molar refractivity (Wildman–Crippen MR) is 73.3 cm³/mol. The first-order valence-electron chi connectivity index (χ1n) is 7.09. The van der Waals surface area contributed by atoms with Crippen LogP contribution in [0.2, 0.25) is 0 Å². The van der Waals surface area contributed by atoms with Gasteiger partial charge in [-0.2, -0.15) is 0 Å². The van der Waals surface area contributed by atoms with E-state index in [9.17, 15) is 9.90 Å². The third-order valence-electron chi connectivity index (χ3n) is 4.40. The first-order valence-corrected chi connectivity index (χ1v) is 7.09. The van der Waals surface area contributed by atoms with Gasteiger partial charge in [-0.3, -0.25) is 4.79 Å². The summed E-state index contributed by atoms with van der Waals surface area (Å²) in [5.74, 6) is -0.115. The molecule has 4 nitrogen and oxygen atoms in total. The fourth-order valence-electron chi connectivity index (χ4n) is 2.94. The van der Waals surface area contributed by atoms with Gasteiger partial charge in [0.2, 0.25) is 0 Å². The van der Waals surface area contributed by atoms with Crippen LogP contribution in [0.3, 0.4) is 0 Å². The summed E-state index contributed by atoms with van der Waals surface area (Å²) < 4.78 is 0. The molecule has 1 N–H and O–H groups in total. The minimum atomic E-state index is -1.07. The monoisotopic (exact) mass is 258 g/mol. The van der Waals surface area contributed by atoms with Crippen LogP contribution in [0.4, 0.5) is 11.4 Å². The van der Waals surface area contributed by atoms with Crippen molar-refractivity contribution in [1.82, 2.24) is 0 Å². The molecule has 1 amide bonds. The first kappa shape index (κ1) is 11.3. The molecule has 2 fully saturated rings. The van der Waals surface area contributed by atoms with E-state index in [0.717, 1.165) is 17.9 Å². The molecule has 4 rings (SSSR count). The van der Waals surface area contributed by atoms with Crippen LogP contribution in [0, 0.1) is 0 Å². The Kier molecular flexibility index (Phi) is 2.22. The second kappa shape index (κ2) is 3.73. The van der Waals surface area contributed by atoms with Crippen molar-refractivity contribution >= 4 is 17.3 Å². The molecule has 2 aliphatic carbocycles. The number of benzene rings is 1. The number of nitrogens with zero attached hydrogens (tertiary/aromatic N) is 2. The molecule has 2 saturated carbocycles. The van der Waals surface area contributed by atoms with Gasteiger partial charge in [0, 0.05) is 19.1 Å². The fourth-order valence-corrected chi connectivity index (χ4v) is 2.94. The highest BCUT2D eigenvalue weighted by atomic mass is 16.3. The number of hydrogen-bond donors (Lipinski definition) is 1. The molecule has 0 radical (unpaired) electrons. The third kappa shape index (κ3) is 1.74. The average molecular weight is 258 g/mol. The van der Waals surface area contributed by atoms with Gasteiger partial charge < -0.3 is 14.9 Å². The van der Waals surface area contributed by atoms with Crippen LogP contribution in [0.1, 0.15) is 25.7 Å². The molecule has 0 bridgehead atoms. The molecule has 1 aliphatic heterocycles. The number of anilines is 2. The number of aliphatic hydroxyl groups is 1. The summed E-state index contributed by atoms with van der Waals surface area (Å²) in [6.07, 6.45) is 3.73. The van der Waals surface area contributed by atoms with Crippen molar-refractivity contribution in [3.8, 4) is 0 Å². The summed E-state index contributed by atoms with van der Waals surface area (Å²) in [6, 6.07) is 8.72. The van der Waals surface area contributed by atoms with Crippen LogP contribution >= 0.6 is 0 Å². The fraction of sp³-hybridized carbons (Fsp3) is 0.533. The zero-order chi connectivity index (χ0) is 13.0. The minimum Gasteiger partial charge on any atom is -0.380 e. The van der Waals surface area contributed by atoms with Crippen molar-refractivity contribution in [3.63, 3.8) is 0 Å². The van der Waals surface area contributed by atoms with Gasteiger partial charge in [0.1, 0.15) is 5.60 Å². The molecule has 1 heterocycles. The van der Waals surface area contributed by atoms with E-state index in [0.29, 0.717) is 25.4 Å². The van der Waals surface area contributed by atoms with Crippen molar-refractivity contribution in [2.45, 2.75) is 37.3 Å². The highest BCUT2D eigenvalue weighted by Crippen LogP contribution is 2.43. The second-order valence-corrected chi connectivity index (χ2v) is 5.90. The van der Waals surface area contributed by atoms with Crippen molar-refractivity contribution in [3.05, 3.63) is 24.3 Å². The van der Waals surface area contributed by atoms with Gasteiger partial charge in [0.05, 0.1) is 11.4 Å². The van der Waals surface area contributed by atoms with Gasteiger partial charge in [-0.25, -0.2) is 0 Å². The normalized spacial score (nSPS) is 24.1. The molecule has 19 heavy (non-hydrogen) atoms. The number of para-hydroxylation sites is 2. The van der Waals surface area contributed by atoms with Crippen molar-refractivity contribution < 1.29 is 9.90 Å². The Morgan fingerprint density at radius 3 is 2.47 bits per heavy atom. The van der Waals surface area contributed by atoms with E-state index in [1.165, 1.54) is 12.8 Å². The van der Waals surface area contributed by atoms with Crippen LogP contribution < -0.4 is 9.80 Å². The quantitative estimate of drug-likeness (QED) is 0.875. The minimum absolute atomic E-state index is 0.115. The molecule has 100 valence electrons. The Balaban J connectivity index is 1.70. The van der Waals surface area contributed by atoms with Gasteiger partial charge in [-0.1, -0.05) is 12.1 Å². The van der Waals surface area contributed by atoms with E-state index in [1.54, 1.807) is 4.90 Å². The predicted octanol–water partition coefficient (Wildman–Crippen LogP) is 1.53. The smallest absolute Gasteiger partial charge is 0.259 e. The van der Waals surface area contributed by atoms with E-state index in [4.69, 9.17) is 0 Å². The maximum atomic E-state index is 12.4. The topological polar surface area (TPSA) is 43.8 Å². The number of amides is 1. The largest absolute Gasteiger partial charge is 0.380 e. The molecule has 0 spiro atoms. The highest BCUT2D eigenvalue weighted by Gasteiger charge is 2.51. The molecule has 1 aromatic carbocycles. The number of rotatable bonds is 2. The standard InChI is InChI=1S/C15H18N2O2/c18-14(15(19)7-8-15)17-10-9-16(11-5-6-11)12-3-1-2-4-13(12)17/h1-4,11,19H,5-10H2. The Morgan fingerprint density at radius 1 is 1.16 bits per heavy atom. The van der Waals surface area contributed by atoms with Gasteiger partial charge in [-0.15, -0.1) is 0 Å². The summed E-state index contributed by atoms with van der Waals surface area (Å²) in [7, 11) is 0. The third-order valence-corrected chi connectivity index (χ3v) is 4.40. The van der Waals surface area contributed by atoms with E-state index in [-0.39, 0.29) is 5.91 Å². The lowest BCUT2D eigenvalue weighted by atomic mass is 10.1. The van der Waals surface area contributed by atoms with Crippen LogP contribution in [-0.4, -0.2) is 35.7 Å². The van der Waals surface area contributed by atoms with E-state index < -0.39 is 5.60 Å². The molecule has 0 unspecified atom stereocenters. The zero-order valence-corrected chi connectivity index (χ0v) is 10.9. The van der Waals surface area contributed by atoms with E-state index in [2.05, 4.69) is 11.0 Å². The number of carbonyl (C=O) groups is 1. The summed E-state index contributed by atoms with van der Waals surface area (Å²) in [4.78, 5) is 16.6. The maximum Gasteiger partial charge on any atom is 0.259 e. The van der Waals surface area contributed by atoms with Crippen LogP contribution in [-0.2, 0) is 4.79 Å². The van der Waals surface area contributed by atoms with Crippen molar-refractivity contribution in [1.29, 1.82) is 0 Å². The number of carbonyl (C=O) groups excluding carboxylic acids is 1. The highest BCUT2D eigenvalue weighted by molar-refractivity contribution is 6.04. The molecule has 1 aromatic rings. The molecule has 0 atom stereocenters. The molecule has 0 saturated heterocycles. The Labute approximate surface area is 112 Å². The summed E-state index contributed by atoms with van der Waals surface area (Å²) in [5, 5.41) is 10.1. The van der Waals surface area contributed by atoms with Crippen LogP contribution in [0.15, 0.2) is 24.3 Å². The molecule has 0 aromatic heterocycles. The van der Waals surface area contributed by atoms with E-state index >= 15 is 0 Å². The summed E-state index contributed by atoms with van der Waals surface area (Å²) >= 11 is 0. The number of hydrogen-bond acceptors (Lipinski definition) is 3. The van der Waals surface area contributed by atoms with E-state index in [1.807, 2.05) is 18.2 Å². The summed E-state index contributed by atoms with van der Waals surface area (Å²) in [6.45, 7) is 1.57. The Hall–Kier alpha value is -1.55. The maximum absolute atomic E-state index is 12.4. The molecule has 3 aliphatic rings. The van der Waals surface area contributed by atoms with Gasteiger partial charge >= 0.3 is 0 Å². The Morgan fingerprint density at radius 2 is 1.84 bits per heavy atom. The molecular weight excluding hydrogens is 240 g/mol. The second-order valence-electron chi connectivity index (χ2n) is 5.90. The number of fused-ring (bicyclic) bond motifs is 1. The SMILES string of the molecule is O=C(N1CCN(C2CC2)c2ccccc21)C1(O)CC1. The van der Waals surface area contributed by atoms with Crippen LogP contribution in [0.5, 0.6) is 0 Å². The van der Waals surface area contributed by atoms with Gasteiger partial charge in [-0.05, 0) is 37.8 Å². The lowest BCUT2D eigenvalue weighted by molar-refractivity contribution is -0.128. The van der Waals surface area contributed by atoms with Crippen LogP contribution in [0.25, 0.3) is 0 Å². The Bertz CT molecular complexity index is 535. The molecule has 4 heteroatoms. The average Bonchev–Trinajstić information content (AvgIpc) is 3.33. The van der Waals surface area contributed by atoms with Crippen molar-refractivity contribution in [2.75, 3.05) is 22.9 Å². The summed E-state index contributed by atoms with van der Waals surface area (Å²) in [5.41, 5.74) is 1.04. The molecular formula is C15H18N2O2. The lowest BCUT2D eigenvalue weighted by Gasteiger charge is -2.38. The zero-order valence-electron chi connectivity index (χ0n) is 10.9. The van der Waals surface area contributed by atoms with Crippen molar-refractivity contribution in [2.24, 2.45) is 0 Å². The first-order chi connectivity index (χ1) is 9.19. The van der Waals surface area contributed by atoms with Gasteiger partial charge in [0.15, 0.2) is 0 Å².